The van der Waals surface area contributed by atoms with Crippen LogP contribution in [-0.4, -0.2) is 95.9 Å². The van der Waals surface area contributed by atoms with E-state index in [0.29, 0.717) is 19.3 Å². The molecule has 4 N–H and O–H groups in total. The lowest BCUT2D eigenvalue weighted by Gasteiger charge is -2.21. The minimum Gasteiger partial charge on any atom is -0.463 e. The van der Waals surface area contributed by atoms with Gasteiger partial charge in [-0.15, -0.1) is 0 Å². The highest BCUT2D eigenvalue weighted by Crippen LogP contribution is 2.45. The average Bonchev–Trinajstić information content (AvgIpc) is 0.905. The highest BCUT2D eigenvalue weighted by molar-refractivity contribution is 7.47. The van der Waals surface area contributed by atoms with Crippen molar-refractivity contribution in [1.29, 1.82) is 0 Å². The van der Waals surface area contributed by atoms with Crippen molar-refractivity contribution in [3.63, 3.8) is 0 Å². The van der Waals surface area contributed by atoms with E-state index in [9.17, 15) is 43.5 Å². The Hall–Kier alpha value is -5.35. The first kappa shape index (κ1) is 114. The molecule has 0 heterocycles. The number of carbonyl (C=O) groups excluding carboxylic acids is 3. The summed E-state index contributed by atoms with van der Waals surface area (Å²) in [4.78, 5) is 59.0. The molecule has 0 aliphatic heterocycles. The van der Waals surface area contributed by atoms with Crippen LogP contribution in [0, 0.1) is 0 Å². The number of phosphoric ester groups is 2. The monoisotopic (exact) mass is 1700 g/mol. The Balaban J connectivity index is 4.54. The van der Waals surface area contributed by atoms with Crippen LogP contribution < -0.4 is 0 Å². The van der Waals surface area contributed by atoms with Crippen LogP contribution in [0.4, 0.5) is 0 Å². The topological polar surface area (TPSA) is 231 Å². The maximum atomic E-state index is 13.1. The van der Waals surface area contributed by atoms with Gasteiger partial charge in [-0.05, 0) is 154 Å². The minimum atomic E-state index is -4.95. The Morgan fingerprint density at radius 3 is 0.664 bits per heavy atom. The van der Waals surface area contributed by atoms with E-state index in [1.807, 2.05) is 0 Å². The summed E-state index contributed by atoms with van der Waals surface area (Å²) in [6.07, 6.45) is 121. The molecule has 0 bridgehead atoms. The summed E-state index contributed by atoms with van der Waals surface area (Å²) in [7, 11) is -9.82. The van der Waals surface area contributed by atoms with Crippen LogP contribution in [-0.2, 0) is 55.8 Å². The van der Waals surface area contributed by atoms with Gasteiger partial charge in [-0.3, -0.25) is 32.5 Å². The molecule has 0 rings (SSSR count). The Morgan fingerprint density at radius 2 is 0.420 bits per heavy atom. The lowest BCUT2D eigenvalue weighted by molar-refractivity contribution is -0.161. The molecule has 0 saturated heterocycles. The summed E-state index contributed by atoms with van der Waals surface area (Å²) < 4.78 is 61.5. The molecule has 680 valence electrons. The molecule has 0 aromatic carbocycles. The number of aliphatic hydroxyl groups excluding tert-OH is 2. The summed E-state index contributed by atoms with van der Waals surface area (Å²) in [6, 6.07) is 0. The van der Waals surface area contributed by atoms with Crippen LogP contribution in [0.1, 0.15) is 380 Å². The molecule has 0 radical (unpaired) electrons. The molecular weight excluding hydrogens is 1530 g/mol. The molecule has 0 aliphatic rings. The maximum Gasteiger partial charge on any atom is 0.472 e. The molecule has 18 heteroatoms. The molecule has 0 saturated carbocycles. The van der Waals surface area contributed by atoms with Crippen molar-refractivity contribution in [3.8, 4) is 0 Å². The Bertz CT molecular complexity index is 2890. The van der Waals surface area contributed by atoms with Crippen molar-refractivity contribution in [2.24, 2.45) is 0 Å². The quantitative estimate of drug-likeness (QED) is 0.0146. The number of rotatable bonds is 88. The molecule has 5 unspecified atom stereocenters. The van der Waals surface area contributed by atoms with E-state index >= 15 is 0 Å². The van der Waals surface area contributed by atoms with Crippen LogP contribution >= 0.6 is 15.6 Å². The van der Waals surface area contributed by atoms with Gasteiger partial charge in [0.25, 0.3) is 0 Å². The number of esters is 3. The van der Waals surface area contributed by atoms with Gasteiger partial charge in [-0.2, -0.15) is 0 Å². The van der Waals surface area contributed by atoms with E-state index in [2.05, 4.69) is 203 Å². The molecule has 119 heavy (non-hydrogen) atoms. The molecule has 0 fully saturated rings. The summed E-state index contributed by atoms with van der Waals surface area (Å²) in [5, 5.41) is 20.7. The largest absolute Gasteiger partial charge is 0.472 e. The number of allylic oxidation sites excluding steroid dienone is 30. The molecule has 0 amide bonds. The fraction of sp³-hybridized carbons (Fsp3) is 0.673. The third kappa shape index (κ3) is 93.2. The van der Waals surface area contributed by atoms with Crippen LogP contribution in [0.5, 0.6) is 0 Å². The highest BCUT2D eigenvalue weighted by atomic mass is 31.2. The maximum absolute atomic E-state index is 13.1. The number of hydrogen-bond acceptors (Lipinski definition) is 14. The number of unbranched alkanes of at least 4 members (excludes halogenated alkanes) is 35. The van der Waals surface area contributed by atoms with Crippen LogP contribution in [0.3, 0.4) is 0 Å². The van der Waals surface area contributed by atoms with Crippen molar-refractivity contribution < 1.29 is 75.8 Å². The fourth-order valence-electron chi connectivity index (χ4n) is 12.6. The second-order valence-electron chi connectivity index (χ2n) is 31.0. The summed E-state index contributed by atoms with van der Waals surface area (Å²) in [5.41, 5.74) is 0. The van der Waals surface area contributed by atoms with Gasteiger partial charge < -0.3 is 34.2 Å². The lowest BCUT2D eigenvalue weighted by atomic mass is 10.0. The van der Waals surface area contributed by atoms with Gasteiger partial charge in [-0.1, -0.05) is 389 Å². The van der Waals surface area contributed by atoms with E-state index < -0.39 is 91.5 Å². The van der Waals surface area contributed by atoms with Gasteiger partial charge in [0.15, 0.2) is 6.10 Å². The van der Waals surface area contributed by atoms with E-state index in [-0.39, 0.29) is 19.3 Å². The van der Waals surface area contributed by atoms with E-state index in [1.54, 1.807) is 0 Å². The first-order chi connectivity index (χ1) is 58.2. The molecule has 16 nitrogen and oxygen atoms in total. The number of phosphoric acid groups is 2. The predicted molar refractivity (Wildman–Crippen MR) is 500 cm³/mol. The second-order valence-corrected chi connectivity index (χ2v) is 33.9. The van der Waals surface area contributed by atoms with E-state index in [0.717, 1.165) is 180 Å². The smallest absolute Gasteiger partial charge is 0.463 e. The van der Waals surface area contributed by atoms with Gasteiger partial charge >= 0.3 is 33.6 Å². The molecule has 0 aromatic rings. The van der Waals surface area contributed by atoms with Crippen LogP contribution in [0.2, 0.25) is 0 Å². The van der Waals surface area contributed by atoms with Gasteiger partial charge in [0, 0.05) is 19.3 Å². The Kier molecular flexibility index (Phi) is 87.7. The summed E-state index contributed by atoms with van der Waals surface area (Å²) in [5.74, 6) is -1.59. The minimum absolute atomic E-state index is 0.0769. The zero-order chi connectivity index (χ0) is 86.5. The molecule has 0 aromatic heterocycles. The van der Waals surface area contributed by atoms with Crippen molar-refractivity contribution in [2.45, 2.75) is 399 Å². The van der Waals surface area contributed by atoms with Crippen molar-refractivity contribution in [3.05, 3.63) is 182 Å². The van der Waals surface area contributed by atoms with Gasteiger partial charge in [-0.25, -0.2) is 9.13 Å². The van der Waals surface area contributed by atoms with Gasteiger partial charge in [0.2, 0.25) is 0 Å². The molecule has 5 atom stereocenters. The van der Waals surface area contributed by atoms with Gasteiger partial charge in [0.05, 0.1) is 26.4 Å². The Labute approximate surface area is 725 Å². The number of ether oxygens (including phenoxy) is 3. The Morgan fingerprint density at radius 1 is 0.235 bits per heavy atom. The van der Waals surface area contributed by atoms with Crippen LogP contribution in [0.15, 0.2) is 182 Å². The molecule has 0 spiro atoms. The van der Waals surface area contributed by atoms with E-state index in [1.165, 1.54) is 141 Å². The number of hydrogen-bond donors (Lipinski definition) is 4. The normalized spacial score (nSPS) is 14.6. The molecule has 0 aliphatic carbocycles. The zero-order valence-corrected chi connectivity index (χ0v) is 76.8. The fourth-order valence-corrected chi connectivity index (χ4v) is 14.2. The predicted octanol–water partition coefficient (Wildman–Crippen LogP) is 29.2. The third-order valence-electron chi connectivity index (χ3n) is 19.6. The zero-order valence-electron chi connectivity index (χ0n) is 75.0. The van der Waals surface area contributed by atoms with E-state index in [4.69, 9.17) is 32.3 Å². The van der Waals surface area contributed by atoms with Crippen molar-refractivity contribution in [1.82, 2.24) is 0 Å². The standard InChI is InChI=1S/C101H170O16P2/c1-4-7-10-13-16-19-22-25-28-31-34-37-39-41-43-44-45-46-47-48-49-50-52-54-55-58-60-63-66-69-72-75-78-81-84-87-99(104)111-90-96(102)91-113-118(107,108)114-92-97(103)93-115-119(109,110)116-95-98(117-101(106)89-86-83-80-77-74-71-68-65-62-57-36-33-30-27-24-21-18-15-12-9-6-3)94-112-100(105)88-85-82-79-76-73-70-67-64-61-59-56-53-51-42-40-38-35-32-29-26-23-20-17-14-11-8-5-2/h7-12,16-21,25-30,34-38,41-43,51,57,65,68,96-98,102-103H,4-6,13-15,22-24,31-33,39-40,44-50,52-56,58-64,66-67,69-95H2,1-3H3,(H,107,108)(H,109,110)/b10-7-,11-8-,12-9-,19-16-,20-17-,21-18-,28-25-,29-26-,30-27-,37-34-,38-35-,43-41-,51-42-,57-36-,68-65-. The third-order valence-corrected chi connectivity index (χ3v) is 21.5. The van der Waals surface area contributed by atoms with Crippen molar-refractivity contribution in [2.75, 3.05) is 39.6 Å². The molecular formula is C101H170O16P2. The highest BCUT2D eigenvalue weighted by Gasteiger charge is 2.29. The first-order valence-electron chi connectivity index (χ1n) is 47.1. The summed E-state index contributed by atoms with van der Waals surface area (Å²) >= 11 is 0. The number of aliphatic hydroxyl groups is 2. The summed E-state index contributed by atoms with van der Waals surface area (Å²) in [6.45, 7) is 2.36. The lowest BCUT2D eigenvalue weighted by Crippen LogP contribution is -2.30. The SMILES string of the molecule is CC/C=C\C/C=C\C/C=C\C/C=C\C/C=C\CCCCCCCCCCCCCCCCCCCCCC(=O)OCC(O)COP(=O)(O)OCC(O)COP(=O)(O)OCC(COC(=O)CCCCCCCCCCCCC/C=C\C/C=C\C/C=C\C/C=C\C/C=C\CC)OC(=O)CCCCCCC/C=C\C/C=C\C/C=C\C/C=C\C/C=C\CC. The second kappa shape index (κ2) is 91.8. The van der Waals surface area contributed by atoms with Crippen molar-refractivity contribution >= 4 is 33.6 Å². The van der Waals surface area contributed by atoms with Crippen LogP contribution in [0.25, 0.3) is 0 Å². The van der Waals surface area contributed by atoms with Gasteiger partial charge in [0.1, 0.15) is 25.4 Å². The average molecular weight is 1700 g/mol. The number of carbonyl (C=O) groups is 3. The first-order valence-corrected chi connectivity index (χ1v) is 50.1.